The van der Waals surface area contributed by atoms with Gasteiger partial charge in [0.15, 0.2) is 0 Å². The Hall–Kier alpha value is -0.560. The number of halogens is 1. The summed E-state index contributed by atoms with van der Waals surface area (Å²) in [5.41, 5.74) is 2.38. The van der Waals surface area contributed by atoms with Gasteiger partial charge in [0.2, 0.25) is 0 Å². The van der Waals surface area contributed by atoms with Crippen molar-refractivity contribution in [2.24, 2.45) is 0 Å². The predicted molar refractivity (Wildman–Crippen MR) is 59.6 cm³/mol. The van der Waals surface area contributed by atoms with Crippen molar-refractivity contribution in [3.8, 4) is 0 Å². The maximum atomic E-state index is 5.73. The normalized spacial score (nSPS) is 18.4. The Balaban J connectivity index is 2.07. The second kappa shape index (κ2) is 4.79. The van der Waals surface area contributed by atoms with Crippen molar-refractivity contribution in [3.63, 3.8) is 0 Å². The van der Waals surface area contributed by atoms with E-state index in [0.29, 0.717) is 11.8 Å². The molecule has 0 atom stereocenters. The molecule has 0 amide bonds. The zero-order valence-electron chi connectivity index (χ0n) is 8.38. The first-order chi connectivity index (χ1) is 6.90. The van der Waals surface area contributed by atoms with E-state index < -0.39 is 0 Å². The van der Waals surface area contributed by atoms with Gasteiger partial charge in [-0.2, -0.15) is 0 Å². The minimum Gasteiger partial charge on any atom is -0.261 e. The van der Waals surface area contributed by atoms with E-state index in [1.165, 1.54) is 37.8 Å². The first kappa shape index (κ1) is 9.97. The molecule has 1 aliphatic rings. The van der Waals surface area contributed by atoms with Gasteiger partial charge in [-0.15, -0.1) is 11.6 Å². The smallest absolute Gasteiger partial charge is 0.0489 e. The number of nitrogens with zero attached hydrogens (tertiary/aromatic N) is 1. The molecular weight excluding hydrogens is 194 g/mol. The molecule has 1 aromatic rings. The molecule has 0 saturated heterocycles. The molecule has 0 unspecified atom stereocenters. The standard InChI is InChI=1S/C12H16ClN/c13-8-10-6-7-12(14-9-10)11-4-2-1-3-5-11/h6-7,9,11H,1-5,8H2. The lowest BCUT2D eigenvalue weighted by Crippen LogP contribution is -2.06. The van der Waals surface area contributed by atoms with E-state index in [2.05, 4.69) is 17.1 Å². The summed E-state index contributed by atoms with van der Waals surface area (Å²) < 4.78 is 0. The number of hydrogen-bond donors (Lipinski definition) is 0. The fraction of sp³-hybridized carbons (Fsp3) is 0.583. The molecule has 14 heavy (non-hydrogen) atoms. The number of aromatic nitrogens is 1. The van der Waals surface area contributed by atoms with E-state index in [4.69, 9.17) is 11.6 Å². The van der Waals surface area contributed by atoms with E-state index >= 15 is 0 Å². The summed E-state index contributed by atoms with van der Waals surface area (Å²) >= 11 is 5.73. The van der Waals surface area contributed by atoms with E-state index in [1.54, 1.807) is 0 Å². The van der Waals surface area contributed by atoms with Crippen LogP contribution in [-0.4, -0.2) is 4.98 Å². The van der Waals surface area contributed by atoms with Crippen LogP contribution in [0.25, 0.3) is 0 Å². The van der Waals surface area contributed by atoms with Gasteiger partial charge >= 0.3 is 0 Å². The van der Waals surface area contributed by atoms with Crippen molar-refractivity contribution in [2.75, 3.05) is 0 Å². The predicted octanol–water partition coefficient (Wildman–Crippen LogP) is 3.87. The largest absolute Gasteiger partial charge is 0.261 e. The minimum absolute atomic E-state index is 0.567. The first-order valence-electron chi connectivity index (χ1n) is 5.41. The van der Waals surface area contributed by atoms with Gasteiger partial charge in [0.1, 0.15) is 0 Å². The molecule has 2 heteroatoms. The lowest BCUT2D eigenvalue weighted by atomic mass is 9.86. The third-order valence-electron chi connectivity index (χ3n) is 3.03. The summed E-state index contributed by atoms with van der Waals surface area (Å²) in [7, 11) is 0. The molecule has 1 aromatic heterocycles. The average Bonchev–Trinajstić information content (AvgIpc) is 2.30. The molecule has 1 heterocycles. The van der Waals surface area contributed by atoms with Crippen LogP contribution in [0.1, 0.15) is 49.3 Å². The summed E-state index contributed by atoms with van der Waals surface area (Å²) in [5, 5.41) is 0. The highest BCUT2D eigenvalue weighted by Crippen LogP contribution is 2.31. The monoisotopic (exact) mass is 209 g/mol. The summed E-state index contributed by atoms with van der Waals surface area (Å²) in [4.78, 5) is 4.49. The molecule has 76 valence electrons. The molecule has 0 aliphatic heterocycles. The van der Waals surface area contributed by atoms with Crippen LogP contribution in [0.15, 0.2) is 18.3 Å². The Morgan fingerprint density at radius 1 is 1.21 bits per heavy atom. The quantitative estimate of drug-likeness (QED) is 0.674. The fourth-order valence-electron chi connectivity index (χ4n) is 2.15. The average molecular weight is 210 g/mol. The van der Waals surface area contributed by atoms with Gasteiger partial charge < -0.3 is 0 Å². The van der Waals surface area contributed by atoms with Crippen molar-refractivity contribution in [1.29, 1.82) is 0 Å². The summed E-state index contributed by atoms with van der Waals surface area (Å²) in [6, 6.07) is 4.25. The van der Waals surface area contributed by atoms with Crippen LogP contribution in [0, 0.1) is 0 Å². The summed E-state index contributed by atoms with van der Waals surface area (Å²) in [5.74, 6) is 1.27. The van der Waals surface area contributed by atoms with E-state index in [9.17, 15) is 0 Å². The van der Waals surface area contributed by atoms with Crippen molar-refractivity contribution in [3.05, 3.63) is 29.6 Å². The lowest BCUT2D eigenvalue weighted by molar-refractivity contribution is 0.436. The molecule has 2 rings (SSSR count). The van der Waals surface area contributed by atoms with Gasteiger partial charge in [0.25, 0.3) is 0 Å². The van der Waals surface area contributed by atoms with Crippen molar-refractivity contribution >= 4 is 11.6 Å². The van der Waals surface area contributed by atoms with E-state index in [-0.39, 0.29) is 0 Å². The Labute approximate surface area is 90.5 Å². The van der Waals surface area contributed by atoms with Crippen LogP contribution in [-0.2, 0) is 5.88 Å². The molecule has 1 nitrogen and oxygen atoms in total. The molecule has 0 spiro atoms. The Morgan fingerprint density at radius 2 is 2.00 bits per heavy atom. The maximum absolute atomic E-state index is 5.73. The van der Waals surface area contributed by atoms with E-state index in [1.807, 2.05) is 6.20 Å². The molecule has 0 radical (unpaired) electrons. The Bertz CT molecular complexity index is 275. The van der Waals surface area contributed by atoms with Crippen LogP contribution < -0.4 is 0 Å². The summed E-state index contributed by atoms with van der Waals surface area (Å²) in [6.07, 6.45) is 8.67. The highest BCUT2D eigenvalue weighted by molar-refractivity contribution is 6.17. The molecule has 1 saturated carbocycles. The fourth-order valence-corrected chi connectivity index (χ4v) is 2.31. The van der Waals surface area contributed by atoms with E-state index in [0.717, 1.165) is 5.56 Å². The number of rotatable bonds is 2. The second-order valence-corrected chi connectivity index (χ2v) is 4.33. The van der Waals surface area contributed by atoms with Gasteiger partial charge in [0, 0.05) is 23.7 Å². The van der Waals surface area contributed by atoms with Gasteiger partial charge in [-0.05, 0) is 24.5 Å². The third kappa shape index (κ3) is 2.27. The van der Waals surface area contributed by atoms with Crippen molar-refractivity contribution in [2.45, 2.75) is 43.9 Å². The van der Waals surface area contributed by atoms with Crippen LogP contribution in [0.3, 0.4) is 0 Å². The molecule has 1 fully saturated rings. The van der Waals surface area contributed by atoms with Crippen LogP contribution in [0.5, 0.6) is 0 Å². The van der Waals surface area contributed by atoms with Gasteiger partial charge in [-0.3, -0.25) is 4.98 Å². The lowest BCUT2D eigenvalue weighted by Gasteiger charge is -2.20. The highest BCUT2D eigenvalue weighted by Gasteiger charge is 2.16. The molecule has 0 aromatic carbocycles. The van der Waals surface area contributed by atoms with Crippen molar-refractivity contribution < 1.29 is 0 Å². The first-order valence-corrected chi connectivity index (χ1v) is 5.94. The van der Waals surface area contributed by atoms with Gasteiger partial charge in [-0.25, -0.2) is 0 Å². The highest BCUT2D eigenvalue weighted by atomic mass is 35.5. The third-order valence-corrected chi connectivity index (χ3v) is 3.33. The van der Waals surface area contributed by atoms with Gasteiger partial charge in [0.05, 0.1) is 0 Å². The maximum Gasteiger partial charge on any atom is 0.0489 e. The Kier molecular flexibility index (Phi) is 3.41. The SMILES string of the molecule is ClCc1ccc(C2CCCCC2)nc1. The zero-order chi connectivity index (χ0) is 9.80. The molecule has 0 N–H and O–H groups in total. The Morgan fingerprint density at radius 3 is 2.57 bits per heavy atom. The minimum atomic E-state index is 0.567. The number of hydrogen-bond acceptors (Lipinski definition) is 1. The molecule has 0 bridgehead atoms. The van der Waals surface area contributed by atoms with Crippen molar-refractivity contribution in [1.82, 2.24) is 4.98 Å². The van der Waals surface area contributed by atoms with Crippen LogP contribution in [0.2, 0.25) is 0 Å². The second-order valence-electron chi connectivity index (χ2n) is 4.06. The topological polar surface area (TPSA) is 12.9 Å². The summed E-state index contributed by atoms with van der Waals surface area (Å²) in [6.45, 7) is 0. The molecule has 1 aliphatic carbocycles. The number of pyridine rings is 1. The van der Waals surface area contributed by atoms with Gasteiger partial charge in [-0.1, -0.05) is 25.3 Å². The van der Waals surface area contributed by atoms with Crippen LogP contribution in [0.4, 0.5) is 0 Å². The molecular formula is C12H16ClN. The zero-order valence-corrected chi connectivity index (χ0v) is 9.13. The number of alkyl halides is 1. The van der Waals surface area contributed by atoms with Crippen LogP contribution >= 0.6 is 11.6 Å².